The number of hydrogen-bond donors (Lipinski definition) is 2. The maximum absolute atomic E-state index is 12.1. The van der Waals surface area contributed by atoms with Crippen LogP contribution in [0.15, 0.2) is 12.1 Å². The number of amides is 1. The number of pyridine rings is 1. The van der Waals surface area contributed by atoms with Crippen LogP contribution in [0, 0.1) is 12.8 Å². The van der Waals surface area contributed by atoms with Crippen LogP contribution in [0.3, 0.4) is 0 Å². The standard InChI is InChI=1S/C14H21N3O2/c1-9-6-12(7-13(15-3)17-9)14(18)16-8-11-4-5-19-10(11)2/h6-7,10-11H,4-5,8H2,1-3H3,(H,15,17)(H,16,18). The van der Waals surface area contributed by atoms with Gasteiger partial charge in [0.15, 0.2) is 0 Å². The Hall–Kier alpha value is -1.62. The van der Waals surface area contributed by atoms with Crippen molar-refractivity contribution >= 4 is 11.7 Å². The number of nitrogens with one attached hydrogen (secondary N) is 2. The largest absolute Gasteiger partial charge is 0.378 e. The Morgan fingerprint density at radius 1 is 1.53 bits per heavy atom. The average Bonchev–Trinajstić information content (AvgIpc) is 2.80. The van der Waals surface area contributed by atoms with Crippen molar-refractivity contribution < 1.29 is 9.53 Å². The molecule has 5 heteroatoms. The lowest BCUT2D eigenvalue weighted by Crippen LogP contribution is -2.32. The molecule has 1 amide bonds. The molecule has 1 aromatic rings. The van der Waals surface area contributed by atoms with Crippen LogP contribution in [0.4, 0.5) is 5.82 Å². The third-order valence-electron chi connectivity index (χ3n) is 3.53. The summed E-state index contributed by atoms with van der Waals surface area (Å²) in [7, 11) is 1.79. The van der Waals surface area contributed by atoms with Crippen molar-refractivity contribution in [2.24, 2.45) is 5.92 Å². The van der Waals surface area contributed by atoms with E-state index in [1.165, 1.54) is 0 Å². The number of ether oxygens (including phenoxy) is 1. The molecule has 2 atom stereocenters. The van der Waals surface area contributed by atoms with Crippen LogP contribution in [-0.2, 0) is 4.74 Å². The van der Waals surface area contributed by atoms with Crippen LogP contribution in [0.2, 0.25) is 0 Å². The Morgan fingerprint density at radius 3 is 2.95 bits per heavy atom. The first-order valence-electron chi connectivity index (χ1n) is 6.66. The van der Waals surface area contributed by atoms with Crippen LogP contribution < -0.4 is 10.6 Å². The Bertz CT molecular complexity index is 462. The van der Waals surface area contributed by atoms with Gasteiger partial charge in [0.2, 0.25) is 0 Å². The molecule has 2 heterocycles. The molecule has 2 N–H and O–H groups in total. The molecule has 0 aliphatic carbocycles. The summed E-state index contributed by atoms with van der Waals surface area (Å²) in [5.74, 6) is 1.07. The van der Waals surface area contributed by atoms with Crippen LogP contribution in [0.1, 0.15) is 29.4 Å². The molecule has 2 unspecified atom stereocenters. The highest BCUT2D eigenvalue weighted by atomic mass is 16.5. The number of hydrogen-bond acceptors (Lipinski definition) is 4. The van der Waals surface area contributed by atoms with Gasteiger partial charge in [0, 0.05) is 37.4 Å². The van der Waals surface area contributed by atoms with E-state index >= 15 is 0 Å². The van der Waals surface area contributed by atoms with Gasteiger partial charge < -0.3 is 15.4 Å². The monoisotopic (exact) mass is 263 g/mol. The van der Waals surface area contributed by atoms with Crippen LogP contribution in [0.5, 0.6) is 0 Å². The van der Waals surface area contributed by atoms with Crippen molar-refractivity contribution in [3.63, 3.8) is 0 Å². The molecule has 1 fully saturated rings. The Labute approximate surface area is 113 Å². The zero-order valence-corrected chi connectivity index (χ0v) is 11.7. The van der Waals surface area contributed by atoms with E-state index in [0.29, 0.717) is 23.8 Å². The van der Waals surface area contributed by atoms with E-state index in [9.17, 15) is 4.79 Å². The second kappa shape index (κ2) is 6.02. The molecule has 0 radical (unpaired) electrons. The van der Waals surface area contributed by atoms with Crippen molar-refractivity contribution in [2.75, 3.05) is 25.5 Å². The summed E-state index contributed by atoms with van der Waals surface area (Å²) in [5.41, 5.74) is 1.47. The van der Waals surface area contributed by atoms with Gasteiger partial charge >= 0.3 is 0 Å². The molecular weight excluding hydrogens is 242 g/mol. The van der Waals surface area contributed by atoms with Crippen LogP contribution in [-0.4, -0.2) is 37.2 Å². The van der Waals surface area contributed by atoms with Crippen molar-refractivity contribution in [1.82, 2.24) is 10.3 Å². The van der Waals surface area contributed by atoms with E-state index in [-0.39, 0.29) is 12.0 Å². The molecule has 2 rings (SSSR count). The highest BCUT2D eigenvalue weighted by Gasteiger charge is 2.24. The fourth-order valence-electron chi connectivity index (χ4n) is 2.30. The first-order valence-corrected chi connectivity index (χ1v) is 6.66. The van der Waals surface area contributed by atoms with Crippen molar-refractivity contribution in [3.05, 3.63) is 23.4 Å². The van der Waals surface area contributed by atoms with Gasteiger partial charge in [-0.2, -0.15) is 0 Å². The molecule has 0 saturated carbocycles. The number of carbonyl (C=O) groups excluding carboxylic acids is 1. The molecule has 5 nitrogen and oxygen atoms in total. The zero-order chi connectivity index (χ0) is 13.8. The van der Waals surface area contributed by atoms with Gasteiger partial charge in [0.1, 0.15) is 5.82 Å². The fraction of sp³-hybridized carbons (Fsp3) is 0.571. The summed E-state index contributed by atoms with van der Waals surface area (Å²) in [6.07, 6.45) is 1.24. The quantitative estimate of drug-likeness (QED) is 0.866. The van der Waals surface area contributed by atoms with Gasteiger partial charge in [0.25, 0.3) is 5.91 Å². The minimum atomic E-state index is -0.0545. The molecule has 0 spiro atoms. The molecule has 0 aromatic carbocycles. The SMILES string of the molecule is CNc1cc(C(=O)NCC2CCOC2C)cc(C)n1. The lowest BCUT2D eigenvalue weighted by molar-refractivity contribution is 0.0907. The lowest BCUT2D eigenvalue weighted by atomic mass is 10.0. The third kappa shape index (κ3) is 3.44. The Kier molecular flexibility index (Phi) is 4.37. The molecule has 104 valence electrons. The van der Waals surface area contributed by atoms with Gasteiger partial charge in [-0.3, -0.25) is 4.79 Å². The number of anilines is 1. The molecule has 1 saturated heterocycles. The van der Waals surface area contributed by atoms with E-state index in [1.54, 1.807) is 19.2 Å². The van der Waals surface area contributed by atoms with Crippen molar-refractivity contribution in [3.8, 4) is 0 Å². The zero-order valence-electron chi connectivity index (χ0n) is 11.7. The lowest BCUT2D eigenvalue weighted by Gasteiger charge is -2.15. The van der Waals surface area contributed by atoms with Crippen molar-refractivity contribution in [2.45, 2.75) is 26.4 Å². The highest BCUT2D eigenvalue weighted by Crippen LogP contribution is 2.19. The summed E-state index contributed by atoms with van der Waals surface area (Å²) in [6.45, 7) is 5.39. The van der Waals surface area contributed by atoms with E-state index in [1.807, 2.05) is 6.92 Å². The van der Waals surface area contributed by atoms with Gasteiger partial charge in [-0.05, 0) is 32.4 Å². The van der Waals surface area contributed by atoms with E-state index in [0.717, 1.165) is 18.7 Å². The normalized spacial score (nSPS) is 22.3. The summed E-state index contributed by atoms with van der Waals surface area (Å²) in [4.78, 5) is 16.4. The average molecular weight is 263 g/mol. The van der Waals surface area contributed by atoms with E-state index in [4.69, 9.17) is 4.74 Å². The summed E-state index contributed by atoms with van der Waals surface area (Å²) < 4.78 is 5.49. The third-order valence-corrected chi connectivity index (χ3v) is 3.53. The van der Waals surface area contributed by atoms with Crippen LogP contribution in [0.25, 0.3) is 0 Å². The molecule has 1 aromatic heterocycles. The predicted octanol–water partition coefficient (Wildman–Crippen LogP) is 1.59. The summed E-state index contributed by atoms with van der Waals surface area (Å²) >= 11 is 0. The van der Waals surface area contributed by atoms with Gasteiger partial charge in [0.05, 0.1) is 6.10 Å². The van der Waals surface area contributed by atoms with E-state index < -0.39 is 0 Å². The fourth-order valence-corrected chi connectivity index (χ4v) is 2.30. The maximum Gasteiger partial charge on any atom is 0.251 e. The minimum absolute atomic E-state index is 0.0545. The summed E-state index contributed by atoms with van der Waals surface area (Å²) in [5, 5.41) is 5.93. The molecule has 0 bridgehead atoms. The summed E-state index contributed by atoms with van der Waals surface area (Å²) in [6, 6.07) is 3.56. The number of aromatic nitrogens is 1. The van der Waals surface area contributed by atoms with Gasteiger partial charge in [-0.1, -0.05) is 0 Å². The first-order chi connectivity index (χ1) is 9.10. The predicted molar refractivity (Wildman–Crippen MR) is 74.4 cm³/mol. The number of rotatable bonds is 4. The molecule has 1 aliphatic rings. The second-order valence-electron chi connectivity index (χ2n) is 4.97. The minimum Gasteiger partial charge on any atom is -0.378 e. The Morgan fingerprint density at radius 2 is 2.32 bits per heavy atom. The maximum atomic E-state index is 12.1. The first kappa shape index (κ1) is 13.8. The number of aryl methyl sites for hydroxylation is 1. The smallest absolute Gasteiger partial charge is 0.251 e. The van der Waals surface area contributed by atoms with E-state index in [2.05, 4.69) is 22.5 Å². The topological polar surface area (TPSA) is 63.2 Å². The number of nitrogens with zero attached hydrogens (tertiary/aromatic N) is 1. The van der Waals surface area contributed by atoms with Gasteiger partial charge in [-0.25, -0.2) is 4.98 Å². The second-order valence-corrected chi connectivity index (χ2v) is 4.97. The molecular formula is C14H21N3O2. The van der Waals surface area contributed by atoms with Crippen molar-refractivity contribution in [1.29, 1.82) is 0 Å². The van der Waals surface area contributed by atoms with Crippen LogP contribution >= 0.6 is 0 Å². The van der Waals surface area contributed by atoms with Gasteiger partial charge in [-0.15, -0.1) is 0 Å². The highest BCUT2D eigenvalue weighted by molar-refractivity contribution is 5.95. The molecule has 1 aliphatic heterocycles. The molecule has 19 heavy (non-hydrogen) atoms. The Balaban J connectivity index is 1.97. The number of carbonyl (C=O) groups is 1.